The Morgan fingerprint density at radius 2 is 1.74 bits per heavy atom. The quantitative estimate of drug-likeness (QED) is 0.270. The topological polar surface area (TPSA) is 71.6 Å². The summed E-state index contributed by atoms with van der Waals surface area (Å²) in [6.45, 7) is -1.23. The number of hydrogen-bond acceptors (Lipinski definition) is 6. The first-order chi connectivity index (χ1) is 16.4. The van der Waals surface area contributed by atoms with E-state index in [2.05, 4.69) is 9.97 Å². The van der Waals surface area contributed by atoms with Crippen molar-refractivity contribution in [2.75, 3.05) is 5.75 Å². The van der Waals surface area contributed by atoms with Crippen LogP contribution in [-0.2, 0) is 11.3 Å². The Hall–Kier alpha value is -3.42. The highest BCUT2D eigenvalue weighted by atomic mass is 32.2. The molecule has 0 aliphatic rings. The van der Waals surface area contributed by atoms with Gasteiger partial charge in [-0.1, -0.05) is 72.4 Å². The van der Waals surface area contributed by atoms with Gasteiger partial charge in [-0.25, -0.2) is 9.97 Å². The fourth-order valence-electron chi connectivity index (χ4n) is 3.29. The van der Waals surface area contributed by atoms with E-state index in [4.69, 9.17) is 0 Å². The monoisotopic (exact) mass is 498 g/mol. The van der Waals surface area contributed by atoms with Gasteiger partial charge in [-0.15, -0.1) is 11.3 Å². The molecule has 4 rings (SSSR count). The van der Waals surface area contributed by atoms with Gasteiger partial charge >= 0.3 is 6.18 Å². The maximum Gasteiger partial charge on any atom is 0.406 e. The maximum atomic E-state index is 13.3. The minimum absolute atomic E-state index is 0.0605. The Bertz CT molecular complexity index is 1310. The summed E-state index contributed by atoms with van der Waals surface area (Å²) in [7, 11) is 0. The second-order valence-electron chi connectivity index (χ2n) is 7.25. The van der Waals surface area contributed by atoms with Crippen LogP contribution in [0.15, 0.2) is 77.4 Å². The lowest BCUT2D eigenvalue weighted by Gasteiger charge is -2.14. The number of Topliss-reactive ketones (excluding diaryl/α,β-unsaturated/α-hetero) is 1. The normalized spacial score (nSPS) is 12.3. The van der Waals surface area contributed by atoms with Crippen molar-refractivity contribution in [2.24, 2.45) is 0 Å². The van der Waals surface area contributed by atoms with Crippen molar-refractivity contribution >= 4 is 28.9 Å². The number of alkyl halides is 3. The Morgan fingerprint density at radius 3 is 2.35 bits per heavy atom. The Kier molecular flexibility index (Phi) is 7.14. The van der Waals surface area contributed by atoms with Crippen LogP contribution in [0.1, 0.15) is 10.9 Å². The van der Waals surface area contributed by atoms with E-state index in [0.717, 1.165) is 21.9 Å². The molecule has 4 aromatic rings. The van der Waals surface area contributed by atoms with Crippen molar-refractivity contribution in [3.8, 4) is 28.6 Å². The molecule has 172 valence electrons. The van der Waals surface area contributed by atoms with E-state index in [9.17, 15) is 23.2 Å². The van der Waals surface area contributed by atoms with Crippen LogP contribution in [-0.4, -0.2) is 32.2 Å². The van der Waals surface area contributed by atoms with E-state index >= 15 is 0 Å². The number of carbonyl (C=O) groups excluding carboxylic acids is 1. The number of imidazole rings is 1. The van der Waals surface area contributed by atoms with Crippen LogP contribution in [0.25, 0.3) is 22.5 Å². The lowest BCUT2D eigenvalue weighted by atomic mass is 10.1. The molecule has 0 saturated carbocycles. The summed E-state index contributed by atoms with van der Waals surface area (Å²) < 4.78 is 40.8. The molecule has 10 heteroatoms. The van der Waals surface area contributed by atoms with Gasteiger partial charge in [0.1, 0.15) is 11.6 Å². The molecule has 5 nitrogen and oxygen atoms in total. The molecule has 0 radical (unpaired) electrons. The number of hydrogen-bond donors (Lipinski definition) is 0. The molecule has 34 heavy (non-hydrogen) atoms. The Labute approximate surface area is 201 Å². The summed E-state index contributed by atoms with van der Waals surface area (Å²) in [5.41, 5.74) is 2.42. The first-order valence-electron chi connectivity index (χ1n) is 10.1. The van der Waals surface area contributed by atoms with E-state index in [1.54, 1.807) is 35.7 Å². The van der Waals surface area contributed by atoms with Crippen LogP contribution >= 0.6 is 23.1 Å². The third kappa shape index (κ3) is 5.55. The molecule has 0 fully saturated rings. The molecule has 0 spiro atoms. The molecule has 0 amide bonds. The minimum atomic E-state index is -4.46. The minimum Gasteiger partial charge on any atom is -0.310 e. The molecule has 0 saturated heterocycles. The molecule has 2 aromatic heterocycles. The molecular weight excluding hydrogens is 481 g/mol. The Balaban J connectivity index is 1.52. The molecule has 2 aromatic carbocycles. The summed E-state index contributed by atoms with van der Waals surface area (Å²) >= 11 is 2.09. The number of carbonyl (C=O) groups is 1. The van der Waals surface area contributed by atoms with Crippen LogP contribution < -0.4 is 0 Å². The predicted molar refractivity (Wildman–Crippen MR) is 125 cm³/mol. The van der Waals surface area contributed by atoms with Gasteiger partial charge in [0, 0.05) is 10.9 Å². The van der Waals surface area contributed by atoms with Crippen LogP contribution in [0.3, 0.4) is 0 Å². The lowest BCUT2D eigenvalue weighted by Crippen LogP contribution is -2.20. The van der Waals surface area contributed by atoms with Gasteiger partial charge in [-0.2, -0.15) is 18.4 Å². The Morgan fingerprint density at radius 1 is 1.09 bits per heavy atom. The maximum absolute atomic E-state index is 13.3. The molecular formula is C24H17F3N4OS2. The largest absolute Gasteiger partial charge is 0.406 e. The first kappa shape index (κ1) is 23.7. The fraction of sp³-hybridized carbons (Fsp3) is 0.167. The predicted octanol–water partition coefficient (Wildman–Crippen LogP) is 6.20. The van der Waals surface area contributed by atoms with Crippen molar-refractivity contribution in [2.45, 2.75) is 23.8 Å². The van der Waals surface area contributed by atoms with Gasteiger partial charge in [-0.3, -0.25) is 4.79 Å². The summed E-state index contributed by atoms with van der Waals surface area (Å²) in [5, 5.41) is 11.8. The third-order valence-electron chi connectivity index (χ3n) is 4.86. The molecule has 0 aliphatic carbocycles. The fourth-order valence-corrected chi connectivity index (χ4v) is 5.07. The van der Waals surface area contributed by atoms with Crippen molar-refractivity contribution < 1.29 is 18.0 Å². The van der Waals surface area contributed by atoms with Gasteiger partial charge in [-0.05, 0) is 5.56 Å². The standard InChI is InChI=1S/C24H17F3N4OS2/c25-24(26,27)15-31-20(17-9-5-2-6-10-17)12-29-23(31)34-14-21(32)18(11-28)22-30-19(13-33-22)16-7-3-1-4-8-16/h1-10,12-13,18H,14-15H2. The van der Waals surface area contributed by atoms with E-state index in [1.165, 1.54) is 17.5 Å². The number of ketones is 1. The molecule has 0 bridgehead atoms. The molecule has 1 unspecified atom stereocenters. The lowest BCUT2D eigenvalue weighted by molar-refractivity contribution is -0.141. The van der Waals surface area contributed by atoms with E-state index in [0.29, 0.717) is 22.0 Å². The molecule has 0 N–H and O–H groups in total. The second kappa shape index (κ2) is 10.2. The second-order valence-corrected chi connectivity index (χ2v) is 9.08. The van der Waals surface area contributed by atoms with Gasteiger partial charge < -0.3 is 4.57 Å². The number of nitrogens with zero attached hydrogens (tertiary/aromatic N) is 4. The van der Waals surface area contributed by atoms with Crippen molar-refractivity contribution in [1.82, 2.24) is 14.5 Å². The SMILES string of the molecule is N#CC(C(=O)CSc1ncc(-c2ccccc2)n1CC(F)(F)F)c1nc(-c2ccccc2)cs1. The van der Waals surface area contributed by atoms with Gasteiger partial charge in [0.05, 0.1) is 29.4 Å². The highest BCUT2D eigenvalue weighted by Gasteiger charge is 2.31. The van der Waals surface area contributed by atoms with Crippen molar-refractivity contribution in [3.05, 3.63) is 77.2 Å². The summed E-state index contributed by atoms with van der Waals surface area (Å²) in [6, 6.07) is 20.0. The smallest absolute Gasteiger partial charge is 0.310 e. The number of aromatic nitrogens is 3. The van der Waals surface area contributed by atoms with Gasteiger partial charge in [0.2, 0.25) is 0 Å². The zero-order chi connectivity index (χ0) is 24.1. The zero-order valence-electron chi connectivity index (χ0n) is 17.6. The highest BCUT2D eigenvalue weighted by molar-refractivity contribution is 7.99. The average Bonchev–Trinajstić information content (AvgIpc) is 3.46. The van der Waals surface area contributed by atoms with E-state index < -0.39 is 24.4 Å². The molecule has 2 heterocycles. The highest BCUT2D eigenvalue weighted by Crippen LogP contribution is 2.32. The number of thioether (sulfide) groups is 1. The molecule has 0 aliphatic heterocycles. The van der Waals surface area contributed by atoms with Crippen molar-refractivity contribution in [3.63, 3.8) is 0 Å². The van der Waals surface area contributed by atoms with E-state index in [-0.39, 0.29) is 10.9 Å². The van der Waals surface area contributed by atoms with Crippen molar-refractivity contribution in [1.29, 1.82) is 5.26 Å². The summed E-state index contributed by atoms with van der Waals surface area (Å²) in [6.07, 6.45) is -3.10. The number of rotatable bonds is 8. The number of thiazole rings is 1. The van der Waals surface area contributed by atoms with E-state index in [1.807, 2.05) is 36.4 Å². The summed E-state index contributed by atoms with van der Waals surface area (Å²) in [5.74, 6) is -1.75. The third-order valence-corrected chi connectivity index (χ3v) is 6.78. The average molecular weight is 499 g/mol. The number of halogens is 3. The zero-order valence-corrected chi connectivity index (χ0v) is 19.2. The van der Waals surface area contributed by atoms with Gasteiger partial charge in [0.25, 0.3) is 0 Å². The number of nitriles is 1. The number of benzene rings is 2. The van der Waals surface area contributed by atoms with Crippen LogP contribution in [0.5, 0.6) is 0 Å². The van der Waals surface area contributed by atoms with Crippen LogP contribution in [0.4, 0.5) is 13.2 Å². The van der Waals surface area contributed by atoms with Gasteiger partial charge in [0.15, 0.2) is 16.9 Å². The summed E-state index contributed by atoms with van der Waals surface area (Å²) in [4.78, 5) is 21.4. The first-order valence-corrected chi connectivity index (χ1v) is 12.0. The van der Waals surface area contributed by atoms with Crippen LogP contribution in [0, 0.1) is 11.3 Å². The molecule has 1 atom stereocenters. The van der Waals surface area contributed by atoms with Crippen LogP contribution in [0.2, 0.25) is 0 Å².